The Hall–Kier alpha value is -6.74. The SMILES string of the molecule is C[C@@H]1NC(=O)[C@@H](N(C)C(=O)[C@H](CCCCN)NC(=O)CCNC(=O)c2ccc(CCCCCCCc3ccccc3)cc2)c2ccc(O)c(c2)-c2cc(ccc2O)C[C@@H](C(=O)O)NC1=O. The number of nitrogens with zero attached hydrogens (tertiary/aromatic N) is 1. The zero-order valence-electron chi connectivity index (χ0n) is 37.2. The van der Waals surface area contributed by atoms with Crippen molar-refractivity contribution in [2.45, 2.75) is 108 Å². The fourth-order valence-corrected chi connectivity index (χ4v) is 7.94. The van der Waals surface area contributed by atoms with Crippen molar-refractivity contribution in [3.8, 4) is 22.6 Å². The topological polar surface area (TPSA) is 240 Å². The number of fused-ring (bicyclic) bond motifs is 5. The molecule has 0 saturated carbocycles. The molecule has 346 valence electrons. The molecule has 4 atom stereocenters. The minimum atomic E-state index is -1.43. The molecule has 9 N–H and O–H groups in total. The Balaban J connectivity index is 1.22. The van der Waals surface area contributed by atoms with Gasteiger partial charge in [-0.15, -0.1) is 0 Å². The van der Waals surface area contributed by atoms with Gasteiger partial charge in [-0.05, 0) is 117 Å². The number of phenolic OH excluding ortho intramolecular Hbond substituents is 2. The number of likely N-dealkylation sites (N-methyl/N-ethyl adjacent to an activating group) is 1. The largest absolute Gasteiger partial charge is 0.507 e. The summed E-state index contributed by atoms with van der Waals surface area (Å²) in [5.74, 6) is -4.94. The van der Waals surface area contributed by atoms with E-state index in [9.17, 15) is 44.1 Å². The maximum atomic E-state index is 14.4. The van der Waals surface area contributed by atoms with Crippen LogP contribution in [0.4, 0.5) is 0 Å². The van der Waals surface area contributed by atoms with Crippen LogP contribution in [-0.2, 0) is 43.2 Å². The highest BCUT2D eigenvalue weighted by Gasteiger charge is 2.36. The maximum Gasteiger partial charge on any atom is 0.326 e. The fourth-order valence-electron chi connectivity index (χ4n) is 7.94. The first-order chi connectivity index (χ1) is 31.2. The molecule has 0 radical (unpaired) electrons. The van der Waals surface area contributed by atoms with Crippen molar-refractivity contribution in [3.05, 3.63) is 119 Å². The minimum absolute atomic E-state index is 0.00566. The summed E-state index contributed by atoms with van der Waals surface area (Å²) in [5, 5.41) is 42.3. The average molecular weight is 891 g/mol. The van der Waals surface area contributed by atoms with Crippen LogP contribution in [0.25, 0.3) is 11.1 Å². The van der Waals surface area contributed by atoms with Crippen molar-refractivity contribution in [1.29, 1.82) is 0 Å². The van der Waals surface area contributed by atoms with Crippen LogP contribution in [0, 0.1) is 0 Å². The lowest BCUT2D eigenvalue weighted by Crippen LogP contribution is -2.54. The Morgan fingerprint density at radius 1 is 0.769 bits per heavy atom. The number of amides is 5. The monoisotopic (exact) mass is 890 g/mol. The third-order valence-corrected chi connectivity index (χ3v) is 11.7. The number of aliphatic carboxylic acids is 1. The van der Waals surface area contributed by atoms with Crippen molar-refractivity contribution in [2.75, 3.05) is 20.1 Å². The Morgan fingerprint density at radius 3 is 2.06 bits per heavy atom. The summed E-state index contributed by atoms with van der Waals surface area (Å²) in [5.41, 5.74) is 9.59. The van der Waals surface area contributed by atoms with Crippen molar-refractivity contribution in [3.63, 3.8) is 0 Å². The molecule has 0 unspecified atom stereocenters. The second-order valence-corrected chi connectivity index (χ2v) is 16.7. The van der Waals surface area contributed by atoms with E-state index in [1.807, 2.05) is 18.2 Å². The molecule has 0 aliphatic carbocycles. The molecule has 4 aromatic carbocycles. The Bertz CT molecular complexity index is 2270. The lowest BCUT2D eigenvalue weighted by Gasteiger charge is -2.32. The van der Waals surface area contributed by atoms with Crippen LogP contribution in [0.5, 0.6) is 11.5 Å². The first-order valence-electron chi connectivity index (χ1n) is 22.4. The first-order valence-corrected chi connectivity index (χ1v) is 22.4. The molecular weight excluding hydrogens is 829 g/mol. The summed E-state index contributed by atoms with van der Waals surface area (Å²) < 4.78 is 0. The van der Waals surface area contributed by atoms with Gasteiger partial charge in [0.1, 0.15) is 35.7 Å². The number of hydrogen-bond donors (Lipinski definition) is 8. The summed E-state index contributed by atoms with van der Waals surface area (Å²) in [4.78, 5) is 81.4. The highest BCUT2D eigenvalue weighted by Crippen LogP contribution is 2.39. The van der Waals surface area contributed by atoms with Gasteiger partial charge in [0.15, 0.2) is 0 Å². The van der Waals surface area contributed by atoms with Crippen LogP contribution in [0.15, 0.2) is 91.0 Å². The average Bonchev–Trinajstić information content (AvgIpc) is 3.29. The smallest absolute Gasteiger partial charge is 0.326 e. The summed E-state index contributed by atoms with van der Waals surface area (Å²) >= 11 is 0. The highest BCUT2D eigenvalue weighted by molar-refractivity contribution is 5.96. The third-order valence-electron chi connectivity index (χ3n) is 11.7. The van der Waals surface area contributed by atoms with E-state index in [4.69, 9.17) is 5.73 Å². The molecule has 5 rings (SSSR count). The van der Waals surface area contributed by atoms with E-state index in [0.717, 1.165) is 36.1 Å². The number of benzene rings is 4. The van der Waals surface area contributed by atoms with Gasteiger partial charge in [0.05, 0.1) is 0 Å². The molecule has 1 aliphatic rings. The number of carbonyl (C=O) groups excluding carboxylic acids is 5. The molecule has 1 heterocycles. The summed E-state index contributed by atoms with van der Waals surface area (Å²) in [6, 6.07) is 21.2. The number of unbranched alkanes of at least 4 members (excludes halogenated alkanes) is 5. The molecule has 0 saturated heterocycles. The predicted molar refractivity (Wildman–Crippen MR) is 247 cm³/mol. The van der Waals surface area contributed by atoms with Crippen molar-refractivity contribution in [1.82, 2.24) is 26.2 Å². The fraction of sp³-hybridized carbons (Fsp3) is 0.400. The van der Waals surface area contributed by atoms with E-state index in [0.29, 0.717) is 30.5 Å². The molecule has 0 fully saturated rings. The lowest BCUT2D eigenvalue weighted by atomic mass is 9.93. The normalized spacial score (nSPS) is 16.6. The third kappa shape index (κ3) is 14.4. The zero-order valence-corrected chi connectivity index (χ0v) is 37.2. The molecule has 65 heavy (non-hydrogen) atoms. The van der Waals surface area contributed by atoms with E-state index < -0.39 is 53.8 Å². The molecule has 15 heteroatoms. The summed E-state index contributed by atoms with van der Waals surface area (Å²) in [6.45, 7) is 1.71. The van der Waals surface area contributed by atoms with Crippen LogP contribution < -0.4 is 27.0 Å². The number of aromatic hydroxyl groups is 2. The Kier molecular flexibility index (Phi) is 18.5. The quantitative estimate of drug-likeness (QED) is 0.0549. The minimum Gasteiger partial charge on any atom is -0.507 e. The number of carbonyl (C=O) groups is 6. The predicted octanol–water partition coefficient (Wildman–Crippen LogP) is 5.06. The second-order valence-electron chi connectivity index (χ2n) is 16.7. The zero-order chi connectivity index (χ0) is 46.9. The van der Waals surface area contributed by atoms with E-state index >= 15 is 0 Å². The molecule has 4 aromatic rings. The first kappa shape index (κ1) is 49.3. The number of hydrogen-bond acceptors (Lipinski definition) is 9. The van der Waals surface area contributed by atoms with Crippen LogP contribution in [0.3, 0.4) is 0 Å². The second kappa shape index (κ2) is 24.4. The van der Waals surface area contributed by atoms with Gasteiger partial charge in [-0.3, -0.25) is 24.0 Å². The van der Waals surface area contributed by atoms with Crippen LogP contribution in [0.1, 0.15) is 103 Å². The van der Waals surface area contributed by atoms with Gasteiger partial charge in [-0.25, -0.2) is 4.79 Å². The molecule has 15 nitrogen and oxygen atoms in total. The summed E-state index contributed by atoms with van der Waals surface area (Å²) in [6.07, 6.45) is 8.66. The molecule has 4 bridgehead atoms. The van der Waals surface area contributed by atoms with Gasteiger partial charge in [-0.1, -0.05) is 73.9 Å². The van der Waals surface area contributed by atoms with Gasteiger partial charge < -0.3 is 47.2 Å². The number of nitrogens with two attached hydrogens (primary N) is 1. The Labute approximate surface area is 380 Å². The number of phenols is 2. The van der Waals surface area contributed by atoms with E-state index in [1.165, 1.54) is 75.2 Å². The molecule has 1 aliphatic heterocycles. The number of nitrogens with one attached hydrogen (secondary N) is 4. The highest BCUT2D eigenvalue weighted by atomic mass is 16.4. The van der Waals surface area contributed by atoms with E-state index in [-0.39, 0.29) is 59.9 Å². The van der Waals surface area contributed by atoms with E-state index in [2.05, 4.69) is 45.5 Å². The number of aryl methyl sites for hydroxylation is 2. The summed E-state index contributed by atoms with van der Waals surface area (Å²) in [7, 11) is 1.37. The van der Waals surface area contributed by atoms with E-state index in [1.54, 1.807) is 12.1 Å². The standard InChI is InChI=1S/C50H62N6O9/c1-32-46(60)55-41(50(64)65)30-35-20-24-42(57)38(29-35)39-31-37(23-25-43(39)58)45(48(62)53-32)56(2)49(63)40(17-11-12-27-51)54-44(59)26-28-52-47(61)36-21-18-34(19-22-36)16-8-5-3-4-7-13-33-14-9-6-10-15-33/h6,9-10,14-15,18-25,29,31-32,40-41,45,57-58H,3-5,7-8,11-13,16-17,26-28,30,51H2,1-2H3,(H,52,61)(H,53,62)(H,54,59)(H,55,60)(H,64,65)/t32-,40-,41-,45-/m0/s1. The molecule has 0 aromatic heterocycles. The van der Waals surface area contributed by atoms with Gasteiger partial charge in [0.25, 0.3) is 5.91 Å². The maximum absolute atomic E-state index is 14.4. The Morgan fingerprint density at radius 2 is 1.40 bits per heavy atom. The van der Waals surface area contributed by atoms with Crippen molar-refractivity contribution < 1.29 is 44.1 Å². The van der Waals surface area contributed by atoms with Gasteiger partial charge in [0.2, 0.25) is 23.6 Å². The number of rotatable bonds is 20. The molecule has 0 spiro atoms. The molecule has 5 amide bonds. The van der Waals surface area contributed by atoms with Crippen LogP contribution in [0.2, 0.25) is 0 Å². The van der Waals surface area contributed by atoms with Crippen LogP contribution >= 0.6 is 0 Å². The van der Waals surface area contributed by atoms with Crippen molar-refractivity contribution >= 4 is 35.5 Å². The number of carboxylic acid groups (broad SMARTS) is 1. The van der Waals surface area contributed by atoms with Gasteiger partial charge in [0, 0.05) is 43.1 Å². The lowest BCUT2D eigenvalue weighted by molar-refractivity contribution is -0.144. The number of carboxylic acids is 1. The van der Waals surface area contributed by atoms with Gasteiger partial charge in [-0.2, -0.15) is 0 Å². The molecular formula is C50H62N6O9. The van der Waals surface area contributed by atoms with Crippen molar-refractivity contribution in [2.24, 2.45) is 5.73 Å². The van der Waals surface area contributed by atoms with Gasteiger partial charge >= 0.3 is 5.97 Å². The van der Waals surface area contributed by atoms with Crippen LogP contribution in [-0.4, -0.2) is 94.0 Å².